The molecule has 0 radical (unpaired) electrons. The second-order valence-corrected chi connectivity index (χ2v) is 28.1. The van der Waals surface area contributed by atoms with Crippen molar-refractivity contribution in [2.24, 2.45) is 0 Å². The molecule has 0 aliphatic carbocycles. The van der Waals surface area contributed by atoms with Crippen LogP contribution in [0.5, 0.6) is 0 Å². The molecule has 0 amide bonds. The van der Waals surface area contributed by atoms with Crippen LogP contribution in [-0.4, -0.2) is 15.8 Å². The molecule has 12 aromatic carbocycles. The Kier molecular flexibility index (Phi) is 14.4. The maximum Gasteiger partial charge on any atom is 0.247 e. The number of nitrogens with zero attached hydrogens (tertiary/aromatic N) is 4. The Hall–Kier alpha value is -11.1. The molecule has 2 aliphatic heterocycles. The molecule has 4 heterocycles. The minimum absolute atomic E-state index is 0.0515. The molecule has 0 saturated heterocycles. The van der Waals surface area contributed by atoms with E-state index in [1.807, 2.05) is 0 Å². The third-order valence-electron chi connectivity index (χ3n) is 20.4. The van der Waals surface area contributed by atoms with Crippen molar-refractivity contribution in [1.29, 1.82) is 0 Å². The van der Waals surface area contributed by atoms with Crippen molar-refractivity contribution in [3.8, 4) is 33.6 Å². The van der Waals surface area contributed by atoms with Crippen molar-refractivity contribution in [2.45, 2.75) is 71.6 Å². The predicted octanol–water partition coefficient (Wildman–Crippen LogP) is 21.8. The van der Waals surface area contributed by atoms with Crippen molar-refractivity contribution in [1.82, 2.24) is 9.13 Å². The predicted molar refractivity (Wildman–Crippen MR) is 411 cm³/mol. The van der Waals surface area contributed by atoms with Crippen molar-refractivity contribution in [3.05, 3.63) is 355 Å². The van der Waals surface area contributed by atoms with Gasteiger partial charge in [-0.25, -0.2) is 0 Å². The number of fused-ring (bicyclic) bond motifs is 10. The van der Waals surface area contributed by atoms with Crippen molar-refractivity contribution < 1.29 is 0 Å². The Bertz CT molecular complexity index is 5250. The monoisotopic (exact) mass is 1240 g/mol. The molecule has 14 aromatic rings. The molecule has 4 nitrogen and oxygen atoms in total. The molecule has 96 heavy (non-hydrogen) atoms. The van der Waals surface area contributed by atoms with E-state index in [-0.39, 0.29) is 17.5 Å². The summed E-state index contributed by atoms with van der Waals surface area (Å²) < 4.78 is 5.09. The van der Waals surface area contributed by atoms with Crippen LogP contribution in [0.3, 0.4) is 0 Å². The second kappa shape index (κ2) is 23.1. The first-order valence-corrected chi connectivity index (χ1v) is 33.8. The van der Waals surface area contributed by atoms with Crippen molar-refractivity contribution >= 4 is 89.5 Å². The van der Waals surface area contributed by atoms with E-state index in [1.54, 1.807) is 0 Å². The highest BCUT2D eigenvalue weighted by Crippen LogP contribution is 2.54. The van der Waals surface area contributed by atoms with Crippen molar-refractivity contribution in [3.63, 3.8) is 0 Å². The van der Waals surface area contributed by atoms with Gasteiger partial charge < -0.3 is 18.9 Å². The van der Waals surface area contributed by atoms with Gasteiger partial charge in [-0.05, 0) is 165 Å². The lowest BCUT2D eigenvalue weighted by Gasteiger charge is -2.49. The standard InChI is InChI=1S/C91H77BN4/c1-11-30-60(3)93(61(4)31-12-2)69-49-51-80-85(58-69)96(88-71(62-32-17-13-18-33-62)42-29-43-72(88)63-34-19-14-20-35-63)86-59-70(95-81-44-27-25-40-73(81)74-41-26-28-45-82(74)95)57-78-87(86)92(80)79-50-48-68(56-77(79)91(78,64-36-21-15-22-37-64)65-38-23-16-24-39-65)94-83-52-46-66(89(5,6)7)54-75(83)76-55-67(90(8,9)10)47-53-84(76)94/h11-59H,3-4H2,1-2,5-10H3/b30-11-,31-12-. The molecule has 0 unspecified atom stereocenters. The van der Waals surface area contributed by atoms with E-state index in [9.17, 15) is 0 Å². The molecule has 0 N–H and O–H groups in total. The van der Waals surface area contributed by atoms with Gasteiger partial charge in [-0.15, -0.1) is 0 Å². The van der Waals surface area contributed by atoms with E-state index in [1.165, 1.54) is 82.3 Å². The summed E-state index contributed by atoms with van der Waals surface area (Å²) in [7, 11) is 0. The van der Waals surface area contributed by atoms with E-state index in [0.717, 1.165) is 78.8 Å². The summed E-state index contributed by atoms with van der Waals surface area (Å²) in [6.07, 6.45) is 8.28. The summed E-state index contributed by atoms with van der Waals surface area (Å²) in [5.41, 5.74) is 27.3. The zero-order valence-corrected chi connectivity index (χ0v) is 56.1. The molecule has 0 bridgehead atoms. The summed E-state index contributed by atoms with van der Waals surface area (Å²) in [5, 5.41) is 4.93. The van der Waals surface area contributed by atoms with E-state index in [0.29, 0.717) is 0 Å². The Labute approximate surface area is 565 Å². The van der Waals surface area contributed by atoms with Crippen LogP contribution in [0.4, 0.5) is 22.7 Å². The van der Waals surface area contributed by atoms with E-state index < -0.39 is 5.41 Å². The van der Waals surface area contributed by atoms with Crippen LogP contribution in [0.15, 0.2) is 322 Å². The Morgan fingerprint density at radius 3 is 1.38 bits per heavy atom. The van der Waals surface area contributed by atoms with Gasteiger partial charge in [-0.1, -0.05) is 273 Å². The molecule has 0 saturated carbocycles. The highest BCUT2D eigenvalue weighted by atomic mass is 15.2. The Balaban J connectivity index is 1.11. The number of anilines is 4. The SMILES string of the molecule is C=C(/C=C\C)N(C(=C)/C=C\C)c1ccc2c(c1)N(c1c(-c3ccccc3)cccc1-c1ccccc1)c1cc(-n3c4ccccc4c4ccccc43)cc3c1B2c1ccc(-n2c4ccc(C(C)(C)C)cc4c4cc(C(C)(C)C)ccc42)cc1C3(c1ccccc1)c1ccccc1. The lowest BCUT2D eigenvalue weighted by atomic mass is 9.29. The molecule has 0 spiro atoms. The molecular weight excluding hydrogens is 1160 g/mol. The normalized spacial score (nSPS) is 13.5. The lowest BCUT2D eigenvalue weighted by molar-refractivity contribution is 0.590. The Morgan fingerprint density at radius 1 is 0.406 bits per heavy atom. The molecule has 0 fully saturated rings. The summed E-state index contributed by atoms with van der Waals surface area (Å²) in [5.74, 6) is 0. The Morgan fingerprint density at radius 2 is 0.865 bits per heavy atom. The van der Waals surface area contributed by atoms with Crippen LogP contribution in [0.1, 0.15) is 88.8 Å². The largest absolute Gasteiger partial charge is 0.312 e. The van der Waals surface area contributed by atoms with Gasteiger partial charge in [0.1, 0.15) is 0 Å². The van der Waals surface area contributed by atoms with Gasteiger partial charge in [0.15, 0.2) is 0 Å². The lowest BCUT2D eigenvalue weighted by Crippen LogP contribution is -2.65. The van der Waals surface area contributed by atoms with Crippen LogP contribution in [0, 0.1) is 0 Å². The molecule has 5 heteroatoms. The molecule has 16 rings (SSSR count). The minimum atomic E-state index is -0.906. The second-order valence-electron chi connectivity index (χ2n) is 28.1. The number of hydrogen-bond donors (Lipinski definition) is 0. The van der Waals surface area contributed by atoms with E-state index in [2.05, 4.69) is 372 Å². The fourth-order valence-electron chi connectivity index (χ4n) is 16.0. The van der Waals surface area contributed by atoms with Crippen LogP contribution in [0.2, 0.25) is 0 Å². The highest BCUT2D eigenvalue weighted by Gasteiger charge is 2.52. The molecule has 2 aliphatic rings. The van der Waals surface area contributed by atoms with E-state index >= 15 is 0 Å². The minimum Gasteiger partial charge on any atom is -0.312 e. The van der Waals surface area contributed by atoms with Crippen LogP contribution < -0.4 is 26.2 Å². The highest BCUT2D eigenvalue weighted by molar-refractivity contribution is 6.99. The first kappa shape index (κ1) is 59.8. The average Bonchev–Trinajstić information content (AvgIpc) is 0.686. The van der Waals surface area contributed by atoms with Crippen LogP contribution in [0.25, 0.3) is 77.2 Å². The zero-order valence-electron chi connectivity index (χ0n) is 56.1. The number of rotatable bonds is 12. The molecule has 0 atom stereocenters. The van der Waals surface area contributed by atoms with Gasteiger partial charge in [0.2, 0.25) is 6.71 Å². The van der Waals surface area contributed by atoms with Gasteiger partial charge in [-0.3, -0.25) is 0 Å². The smallest absolute Gasteiger partial charge is 0.247 e. The number of allylic oxidation sites excluding steroid dienone is 4. The summed E-state index contributed by atoms with van der Waals surface area (Å²) in [4.78, 5) is 4.85. The summed E-state index contributed by atoms with van der Waals surface area (Å²) in [6.45, 7) is 27.2. The number of hydrogen-bond acceptors (Lipinski definition) is 2. The quantitative estimate of drug-likeness (QED) is 0.0895. The van der Waals surface area contributed by atoms with Gasteiger partial charge in [0, 0.05) is 72.5 Å². The zero-order chi connectivity index (χ0) is 65.8. The molecular formula is C91H77BN4. The third kappa shape index (κ3) is 9.42. The average molecular weight is 1240 g/mol. The molecule has 464 valence electrons. The van der Waals surface area contributed by atoms with Crippen LogP contribution >= 0.6 is 0 Å². The van der Waals surface area contributed by atoms with Gasteiger partial charge >= 0.3 is 0 Å². The number of benzene rings is 12. The van der Waals surface area contributed by atoms with Crippen molar-refractivity contribution in [2.75, 3.05) is 9.80 Å². The van der Waals surface area contributed by atoms with Gasteiger partial charge in [0.25, 0.3) is 0 Å². The maximum absolute atomic E-state index is 4.73. The summed E-state index contributed by atoms with van der Waals surface area (Å²) >= 11 is 0. The van der Waals surface area contributed by atoms with Gasteiger partial charge in [-0.2, -0.15) is 0 Å². The first-order chi connectivity index (χ1) is 46.7. The van der Waals surface area contributed by atoms with Crippen LogP contribution in [-0.2, 0) is 16.2 Å². The molecule has 2 aromatic heterocycles. The number of para-hydroxylation sites is 3. The summed E-state index contributed by atoms with van der Waals surface area (Å²) in [6, 6.07) is 104. The number of aromatic nitrogens is 2. The fourth-order valence-corrected chi connectivity index (χ4v) is 16.0. The fraction of sp³-hybridized carbons (Fsp3) is 0.121. The maximum atomic E-state index is 4.73. The van der Waals surface area contributed by atoms with Gasteiger partial charge in [0.05, 0.1) is 33.2 Å². The first-order valence-electron chi connectivity index (χ1n) is 33.8. The van der Waals surface area contributed by atoms with E-state index in [4.69, 9.17) is 13.2 Å². The third-order valence-corrected chi connectivity index (χ3v) is 20.4. The topological polar surface area (TPSA) is 16.3 Å².